The molecule has 0 atom stereocenters. The van der Waals surface area contributed by atoms with Crippen LogP contribution in [0, 0.1) is 0 Å². The van der Waals surface area contributed by atoms with Crippen molar-refractivity contribution < 1.29 is 14.3 Å². The topological polar surface area (TPSA) is 84.3 Å². The van der Waals surface area contributed by atoms with Gasteiger partial charge < -0.3 is 20.1 Å². The summed E-state index contributed by atoms with van der Waals surface area (Å²) in [7, 11) is 2.95. The van der Waals surface area contributed by atoms with Gasteiger partial charge in [-0.2, -0.15) is 4.99 Å². The van der Waals surface area contributed by atoms with Crippen molar-refractivity contribution in [2.24, 2.45) is 9.98 Å². The highest BCUT2D eigenvalue weighted by atomic mass is 16.5. The van der Waals surface area contributed by atoms with E-state index in [-0.39, 0.29) is 18.6 Å². The summed E-state index contributed by atoms with van der Waals surface area (Å²) in [5, 5.41) is 5.42. The number of aliphatic imine (C=N–C) groups is 2. The van der Waals surface area contributed by atoms with Gasteiger partial charge in [0.15, 0.2) is 0 Å². The molecule has 1 aromatic carbocycles. The minimum absolute atomic E-state index is 0.198. The molecule has 0 saturated carbocycles. The average molecular weight is 288 g/mol. The first kappa shape index (κ1) is 14.6. The van der Waals surface area contributed by atoms with E-state index in [4.69, 9.17) is 9.47 Å². The summed E-state index contributed by atoms with van der Waals surface area (Å²) >= 11 is 0. The Morgan fingerprint density at radius 1 is 1.14 bits per heavy atom. The maximum atomic E-state index is 11.9. The fourth-order valence-corrected chi connectivity index (χ4v) is 1.63. The van der Waals surface area contributed by atoms with Crippen LogP contribution in [0.3, 0.4) is 0 Å². The Kier molecular flexibility index (Phi) is 4.92. The molecule has 0 radical (unpaired) electrons. The highest BCUT2D eigenvalue weighted by Crippen LogP contribution is 2.06. The van der Waals surface area contributed by atoms with Gasteiger partial charge in [-0.25, -0.2) is 9.79 Å². The highest BCUT2D eigenvalue weighted by Gasteiger charge is 2.11. The zero-order valence-corrected chi connectivity index (χ0v) is 11.8. The Hall–Kier alpha value is -2.83. The molecule has 0 spiro atoms. The van der Waals surface area contributed by atoms with Crippen LogP contribution in [0.25, 0.3) is 0 Å². The highest BCUT2D eigenvalue weighted by molar-refractivity contribution is 5.99. The Morgan fingerprint density at radius 3 is 2.57 bits per heavy atom. The normalized spacial score (nSPS) is 14.1. The number of carbonyl (C=O) groups is 1. The maximum absolute atomic E-state index is 11.9. The standard InChI is InChI=1S/C14H16N4O3/c1-20-12-8-11(9-15-14(18-12)21-2)17-13(19)16-10-6-4-3-5-7-10/h3-8H,9H2,1-2H3,(H2,16,17,19). The van der Waals surface area contributed by atoms with Crippen LogP contribution in [0.4, 0.5) is 10.5 Å². The van der Waals surface area contributed by atoms with Crippen molar-refractivity contribution in [1.29, 1.82) is 0 Å². The van der Waals surface area contributed by atoms with Gasteiger partial charge in [-0.05, 0) is 12.1 Å². The fourth-order valence-electron chi connectivity index (χ4n) is 1.63. The first-order valence-electron chi connectivity index (χ1n) is 6.26. The van der Waals surface area contributed by atoms with Crippen molar-refractivity contribution in [3.05, 3.63) is 42.1 Å². The summed E-state index contributed by atoms with van der Waals surface area (Å²) in [5.74, 6) is 0.308. The van der Waals surface area contributed by atoms with E-state index in [0.717, 1.165) is 0 Å². The lowest BCUT2D eigenvalue weighted by Gasteiger charge is -2.09. The summed E-state index contributed by atoms with van der Waals surface area (Å²) in [6.07, 6.45) is 1.60. The minimum atomic E-state index is -0.362. The van der Waals surface area contributed by atoms with Gasteiger partial charge in [-0.1, -0.05) is 18.2 Å². The van der Waals surface area contributed by atoms with Crippen molar-refractivity contribution in [2.75, 3.05) is 26.1 Å². The van der Waals surface area contributed by atoms with Crippen molar-refractivity contribution >= 4 is 23.6 Å². The minimum Gasteiger partial charge on any atom is -0.481 e. The molecule has 7 nitrogen and oxygen atoms in total. The van der Waals surface area contributed by atoms with E-state index in [9.17, 15) is 4.79 Å². The summed E-state index contributed by atoms with van der Waals surface area (Å²) in [6, 6.07) is 8.98. The quantitative estimate of drug-likeness (QED) is 0.869. The molecular weight excluding hydrogens is 272 g/mol. The van der Waals surface area contributed by atoms with Crippen molar-refractivity contribution in [2.45, 2.75) is 0 Å². The van der Waals surface area contributed by atoms with E-state index in [1.807, 2.05) is 18.2 Å². The van der Waals surface area contributed by atoms with E-state index in [0.29, 0.717) is 17.3 Å². The summed E-state index contributed by atoms with van der Waals surface area (Å²) in [5.41, 5.74) is 1.25. The second-order valence-corrected chi connectivity index (χ2v) is 4.07. The first-order valence-corrected chi connectivity index (χ1v) is 6.26. The number of carbonyl (C=O) groups excluding carboxylic acids is 1. The molecule has 1 heterocycles. The van der Waals surface area contributed by atoms with Gasteiger partial charge in [0.05, 0.1) is 20.8 Å². The van der Waals surface area contributed by atoms with Gasteiger partial charge in [-0.3, -0.25) is 0 Å². The number of hydrogen-bond donors (Lipinski definition) is 2. The number of anilines is 1. The van der Waals surface area contributed by atoms with Gasteiger partial charge in [-0.15, -0.1) is 0 Å². The van der Waals surface area contributed by atoms with Gasteiger partial charge in [0.25, 0.3) is 0 Å². The van der Waals surface area contributed by atoms with Crippen LogP contribution < -0.4 is 10.6 Å². The summed E-state index contributed by atoms with van der Waals surface area (Å²) in [4.78, 5) is 20.0. The van der Waals surface area contributed by atoms with Crippen LogP contribution in [0.1, 0.15) is 0 Å². The van der Waals surface area contributed by atoms with Gasteiger partial charge in [0.1, 0.15) is 0 Å². The Labute approximate surface area is 122 Å². The van der Waals surface area contributed by atoms with E-state index >= 15 is 0 Å². The molecule has 7 heteroatoms. The molecule has 2 rings (SSSR count). The predicted molar refractivity (Wildman–Crippen MR) is 80.4 cm³/mol. The van der Waals surface area contributed by atoms with E-state index in [2.05, 4.69) is 20.6 Å². The van der Waals surface area contributed by atoms with Crippen molar-refractivity contribution in [3.8, 4) is 0 Å². The van der Waals surface area contributed by atoms with Gasteiger partial charge in [0.2, 0.25) is 5.90 Å². The van der Waals surface area contributed by atoms with Gasteiger partial charge in [0, 0.05) is 17.5 Å². The second kappa shape index (κ2) is 7.09. The predicted octanol–water partition coefficient (Wildman–Crippen LogP) is 1.75. The molecule has 0 aliphatic carbocycles. The molecule has 1 aliphatic rings. The summed E-state index contributed by atoms with van der Waals surface area (Å²) < 4.78 is 10.0. The lowest BCUT2D eigenvalue weighted by Crippen LogP contribution is -2.29. The molecule has 0 unspecified atom stereocenters. The zero-order chi connectivity index (χ0) is 15.1. The molecule has 21 heavy (non-hydrogen) atoms. The zero-order valence-electron chi connectivity index (χ0n) is 11.8. The van der Waals surface area contributed by atoms with Crippen LogP contribution in [0.2, 0.25) is 0 Å². The molecule has 0 bridgehead atoms. The molecule has 0 aromatic heterocycles. The maximum Gasteiger partial charge on any atom is 0.323 e. The Morgan fingerprint density at radius 2 is 1.90 bits per heavy atom. The number of benzene rings is 1. The fraction of sp³-hybridized carbons (Fsp3) is 0.214. The van der Waals surface area contributed by atoms with Crippen LogP contribution in [0.15, 0.2) is 52.1 Å². The van der Waals surface area contributed by atoms with Crippen molar-refractivity contribution in [3.63, 3.8) is 0 Å². The number of methoxy groups -OCH3 is 2. The number of nitrogens with zero attached hydrogens (tertiary/aromatic N) is 2. The Bertz CT molecular complexity index is 593. The first-order chi connectivity index (χ1) is 10.2. The largest absolute Gasteiger partial charge is 0.481 e. The van der Waals surface area contributed by atoms with E-state index in [1.54, 1.807) is 18.2 Å². The number of amidine groups is 1. The molecule has 0 saturated heterocycles. The van der Waals surface area contributed by atoms with Crippen LogP contribution in [0.5, 0.6) is 0 Å². The third-order valence-corrected chi connectivity index (χ3v) is 2.59. The van der Waals surface area contributed by atoms with Crippen LogP contribution in [-0.4, -0.2) is 38.7 Å². The number of rotatable bonds is 2. The van der Waals surface area contributed by atoms with Crippen molar-refractivity contribution in [1.82, 2.24) is 5.32 Å². The summed E-state index contributed by atoms with van der Waals surface area (Å²) in [6.45, 7) is 0.238. The van der Waals surface area contributed by atoms with Crippen LogP contribution in [-0.2, 0) is 9.47 Å². The molecule has 1 aromatic rings. The molecular formula is C14H16N4O3. The third-order valence-electron chi connectivity index (χ3n) is 2.59. The number of urea groups is 1. The smallest absolute Gasteiger partial charge is 0.323 e. The number of hydrogen-bond acceptors (Lipinski definition) is 5. The number of amides is 2. The molecule has 0 fully saturated rings. The number of nitrogens with one attached hydrogen (secondary N) is 2. The lowest BCUT2D eigenvalue weighted by molar-refractivity contribution is 0.254. The monoisotopic (exact) mass is 288 g/mol. The molecule has 2 amide bonds. The van der Waals surface area contributed by atoms with Crippen LogP contribution >= 0.6 is 0 Å². The second-order valence-electron chi connectivity index (χ2n) is 4.07. The van der Waals surface area contributed by atoms with E-state index < -0.39 is 0 Å². The number of ether oxygens (including phenoxy) is 2. The number of para-hydroxylation sites is 1. The molecule has 110 valence electrons. The third kappa shape index (κ3) is 4.34. The van der Waals surface area contributed by atoms with E-state index in [1.165, 1.54) is 14.2 Å². The molecule has 2 N–H and O–H groups in total. The molecule has 1 aliphatic heterocycles. The Balaban J connectivity index is 2.02. The average Bonchev–Trinajstić information content (AvgIpc) is 2.70. The lowest BCUT2D eigenvalue weighted by atomic mass is 10.3. The SMILES string of the molecule is COC1=NC(OC)=NCC(NC(=O)Nc2ccccc2)=C1. The van der Waals surface area contributed by atoms with Gasteiger partial charge >= 0.3 is 12.1 Å².